The third-order valence-corrected chi connectivity index (χ3v) is 9.81. The molecule has 0 spiro atoms. The minimum atomic E-state index is -1.51. The zero-order valence-electron chi connectivity index (χ0n) is 33.6. The molecule has 326 valence electrons. The van der Waals surface area contributed by atoms with E-state index in [0.29, 0.717) is 27.5 Å². The van der Waals surface area contributed by atoms with E-state index < -0.39 is 90.0 Å². The molecule has 1 fully saturated rings. The third kappa shape index (κ3) is 11.9. The molecule has 2 heterocycles. The van der Waals surface area contributed by atoms with E-state index in [2.05, 4.69) is 26.3 Å². The highest BCUT2D eigenvalue weighted by Gasteiger charge is 2.48. The quantitative estimate of drug-likeness (QED) is 0.0215. The summed E-state index contributed by atoms with van der Waals surface area (Å²) in [5, 5.41) is 44.4. The molecule has 3 aromatic carbocycles. The van der Waals surface area contributed by atoms with Gasteiger partial charge in [-0.15, -0.1) is 0 Å². The first-order valence-corrected chi connectivity index (χ1v) is 19.5. The first-order chi connectivity index (χ1) is 29.2. The number of nitrogens with zero attached hydrogens (tertiary/aromatic N) is 2. The van der Waals surface area contributed by atoms with E-state index in [1.54, 1.807) is 60.7 Å². The topological polar surface area (TPSA) is 293 Å². The number of ether oxygens (including phenoxy) is 4. The maximum atomic E-state index is 13.2. The number of nitro benzene ring substituents is 1. The van der Waals surface area contributed by atoms with E-state index in [1.165, 1.54) is 26.8 Å². The second-order valence-corrected chi connectivity index (χ2v) is 14.3. The lowest BCUT2D eigenvalue weighted by molar-refractivity contribution is -0.383. The number of anilines is 1. The summed E-state index contributed by atoms with van der Waals surface area (Å²) in [6.45, 7) is 3.26. The Morgan fingerprint density at radius 1 is 0.967 bits per heavy atom. The second-order valence-electron chi connectivity index (χ2n) is 14.3. The molecule has 8 atom stereocenters. The average molecular weight is 848 g/mol. The van der Waals surface area contributed by atoms with Crippen LogP contribution in [0.2, 0.25) is 0 Å². The maximum Gasteiger partial charge on any atom is 0.305 e. The van der Waals surface area contributed by atoms with E-state index in [9.17, 15) is 44.3 Å². The van der Waals surface area contributed by atoms with Gasteiger partial charge in [-0.05, 0) is 38.0 Å². The number of fused-ring (bicyclic) bond motifs is 2. The van der Waals surface area contributed by atoms with Crippen LogP contribution in [0, 0.1) is 10.1 Å². The van der Waals surface area contributed by atoms with Crippen molar-refractivity contribution >= 4 is 62.8 Å². The van der Waals surface area contributed by atoms with Crippen LogP contribution in [0.1, 0.15) is 39.2 Å². The van der Waals surface area contributed by atoms with Crippen molar-refractivity contribution in [3.63, 3.8) is 0 Å². The summed E-state index contributed by atoms with van der Waals surface area (Å²) >= 11 is 0. The monoisotopic (exact) mass is 847 g/mol. The Morgan fingerprint density at radius 3 is 2.36 bits per heavy atom. The van der Waals surface area contributed by atoms with E-state index in [0.717, 1.165) is 5.56 Å². The molecule has 4 aromatic rings. The molecule has 0 radical (unpaired) electrons. The fraction of sp³-hybridized carbons (Fsp3) is 0.415. The molecule has 0 bridgehead atoms. The van der Waals surface area contributed by atoms with Crippen LogP contribution in [0.4, 0.5) is 11.4 Å². The maximum absolute atomic E-state index is 13.2. The fourth-order valence-corrected chi connectivity index (χ4v) is 6.72. The van der Waals surface area contributed by atoms with Crippen molar-refractivity contribution < 1.29 is 58.1 Å². The highest BCUT2D eigenvalue weighted by molar-refractivity contribution is 6.11. The number of benzene rings is 3. The predicted octanol–water partition coefficient (Wildman–Crippen LogP) is 1.08. The molecule has 0 unspecified atom stereocenters. The number of esters is 1. The number of nitrogens with two attached hydrogens (primary N) is 1. The Labute approximate surface area is 349 Å². The highest BCUT2D eigenvalue weighted by Crippen LogP contribution is 2.36. The molecule has 1 aliphatic rings. The lowest BCUT2D eigenvalue weighted by Crippen LogP contribution is -2.66. The number of carbonyl (C=O) groups is 5. The van der Waals surface area contributed by atoms with Crippen LogP contribution in [0.3, 0.4) is 0 Å². The number of aromatic nitrogens is 1. The molecule has 4 amide bonds. The largest absolute Gasteiger partial charge is 0.464 e. The number of nitro groups is 1. The van der Waals surface area contributed by atoms with Crippen LogP contribution in [0.15, 0.2) is 72.8 Å². The third-order valence-electron chi connectivity index (χ3n) is 9.81. The van der Waals surface area contributed by atoms with E-state index in [-0.39, 0.29) is 38.3 Å². The summed E-state index contributed by atoms with van der Waals surface area (Å²) in [7, 11) is 0. The van der Waals surface area contributed by atoms with Crippen molar-refractivity contribution in [3.8, 4) is 0 Å². The number of aliphatic hydroxyl groups is 2. The lowest BCUT2D eigenvalue weighted by Gasteiger charge is -2.44. The van der Waals surface area contributed by atoms with Crippen LogP contribution in [0.5, 0.6) is 0 Å². The van der Waals surface area contributed by atoms with Crippen molar-refractivity contribution in [3.05, 3.63) is 88.5 Å². The summed E-state index contributed by atoms with van der Waals surface area (Å²) in [6, 6.07) is 17.0. The second kappa shape index (κ2) is 21.3. The van der Waals surface area contributed by atoms with Gasteiger partial charge in [0.1, 0.15) is 54.5 Å². The molecule has 1 aliphatic heterocycles. The van der Waals surface area contributed by atoms with Crippen LogP contribution >= 0.6 is 0 Å². The number of non-ortho nitro benzene ring substituents is 1. The lowest BCUT2D eigenvalue weighted by atomic mass is 9.96. The SMILES string of the molecule is CC(=O)N[C@@H]1[C@H](OCc2ccccc2)O[C@H](CO)[C@H](O)[C@@H]1O[C@H](C)C(=O)N[C@H](C)C(=O)N[C@H](CCC(=O)OCCNc1c2ccccc2nc2cccc([N+](=O)[O-])c12)C(N)=O. The number of aliphatic hydroxyl groups excluding tert-OH is 2. The van der Waals surface area contributed by atoms with Gasteiger partial charge in [0.05, 0.1) is 34.9 Å². The molecular weight excluding hydrogens is 798 g/mol. The number of amides is 4. The molecule has 5 rings (SSSR count). The van der Waals surface area contributed by atoms with Gasteiger partial charge in [0.2, 0.25) is 23.6 Å². The van der Waals surface area contributed by atoms with E-state index in [1.807, 2.05) is 6.07 Å². The average Bonchev–Trinajstić information content (AvgIpc) is 3.23. The number of para-hydroxylation sites is 1. The van der Waals surface area contributed by atoms with Crippen molar-refractivity contribution in [1.29, 1.82) is 0 Å². The number of rotatable bonds is 20. The van der Waals surface area contributed by atoms with Crippen LogP contribution in [-0.4, -0.2) is 118 Å². The van der Waals surface area contributed by atoms with Gasteiger partial charge in [0.25, 0.3) is 5.69 Å². The highest BCUT2D eigenvalue weighted by atomic mass is 16.7. The molecule has 20 heteroatoms. The minimum Gasteiger partial charge on any atom is -0.464 e. The van der Waals surface area contributed by atoms with Crippen molar-refractivity contribution in [1.82, 2.24) is 20.9 Å². The Morgan fingerprint density at radius 2 is 1.67 bits per heavy atom. The first-order valence-electron chi connectivity index (χ1n) is 19.5. The Hall–Kier alpha value is -6.32. The van der Waals surface area contributed by atoms with Crippen LogP contribution in [-0.2, 0) is 49.5 Å². The standard InChI is InChI=1S/C41H49N7O13/c1-22(44-40(55)23(2)60-37-35(45-24(3)50)41(61-31(20-49)36(37)52)59-21-25-10-5-4-6-11-25)39(54)47-29(38(42)53)16-17-32(51)58-19-18-43-34-26-12-7-8-13-27(26)46-28-14-9-15-30(33(28)34)48(56)57/h4-15,22-23,29,31,35-37,41,49,52H,16-21H2,1-3H3,(H2,42,53)(H,43,46)(H,44,55)(H,45,50)(H,47,54)/t22-,23-,29-,31-,35+,36+,37-,41-/m1/s1. The number of pyridine rings is 1. The Bertz CT molecular complexity index is 2210. The molecule has 1 aromatic heterocycles. The van der Waals surface area contributed by atoms with Gasteiger partial charge in [0, 0.05) is 31.3 Å². The summed E-state index contributed by atoms with van der Waals surface area (Å²) in [4.78, 5) is 79.3. The number of nitrogens with one attached hydrogen (secondary N) is 4. The summed E-state index contributed by atoms with van der Waals surface area (Å²) in [6.07, 6.45) is -7.11. The molecule has 61 heavy (non-hydrogen) atoms. The molecule has 8 N–H and O–H groups in total. The zero-order valence-corrected chi connectivity index (χ0v) is 33.6. The molecular formula is C41H49N7O13. The van der Waals surface area contributed by atoms with E-state index in [4.69, 9.17) is 24.7 Å². The Kier molecular flexibility index (Phi) is 16.0. The van der Waals surface area contributed by atoms with Crippen molar-refractivity contribution in [2.75, 3.05) is 25.1 Å². The van der Waals surface area contributed by atoms with Crippen LogP contribution in [0.25, 0.3) is 21.8 Å². The van der Waals surface area contributed by atoms with Crippen LogP contribution < -0.4 is 27.0 Å². The van der Waals surface area contributed by atoms with E-state index >= 15 is 0 Å². The zero-order chi connectivity index (χ0) is 44.2. The summed E-state index contributed by atoms with van der Waals surface area (Å²) in [5.41, 5.74) is 7.62. The van der Waals surface area contributed by atoms with Gasteiger partial charge in [-0.2, -0.15) is 0 Å². The van der Waals surface area contributed by atoms with Gasteiger partial charge >= 0.3 is 5.97 Å². The van der Waals surface area contributed by atoms with Gasteiger partial charge in [-0.25, -0.2) is 4.98 Å². The molecule has 0 saturated carbocycles. The normalized spacial score (nSPS) is 20.2. The van der Waals surface area contributed by atoms with Gasteiger partial charge < -0.3 is 56.2 Å². The minimum absolute atomic E-state index is 0.0504. The number of hydrogen-bond acceptors (Lipinski definition) is 15. The molecule has 1 saturated heterocycles. The van der Waals surface area contributed by atoms with Gasteiger partial charge in [-0.1, -0.05) is 54.6 Å². The fourth-order valence-electron chi connectivity index (χ4n) is 6.72. The first kappa shape index (κ1) is 45.8. The van der Waals surface area contributed by atoms with Crippen molar-refractivity contribution in [2.24, 2.45) is 5.73 Å². The smallest absolute Gasteiger partial charge is 0.305 e. The number of primary amides is 1. The molecule has 20 nitrogen and oxygen atoms in total. The van der Waals surface area contributed by atoms with Gasteiger partial charge in [-0.3, -0.25) is 34.1 Å². The summed E-state index contributed by atoms with van der Waals surface area (Å²) < 4.78 is 22.9. The predicted molar refractivity (Wildman–Crippen MR) is 218 cm³/mol. The number of hydrogen-bond donors (Lipinski definition) is 7. The number of carbonyl (C=O) groups excluding carboxylic acids is 5. The van der Waals surface area contributed by atoms with Crippen molar-refractivity contribution in [2.45, 2.75) is 89.1 Å². The Balaban J connectivity index is 1.12. The molecule has 0 aliphatic carbocycles. The summed E-state index contributed by atoms with van der Waals surface area (Å²) in [5.74, 6) is -3.80. The van der Waals surface area contributed by atoms with Gasteiger partial charge in [0.15, 0.2) is 6.29 Å².